The molecule has 3 N–H and O–H groups in total. The molecule has 0 saturated heterocycles. The first-order valence-electron chi connectivity index (χ1n) is 8.76. The minimum absolute atomic E-state index is 0. The number of halogens is 4. The van der Waals surface area contributed by atoms with E-state index in [0.717, 1.165) is 12.1 Å². The molecule has 29 heavy (non-hydrogen) atoms. The van der Waals surface area contributed by atoms with Crippen LogP contribution < -0.4 is 16.0 Å². The fourth-order valence-electron chi connectivity index (χ4n) is 2.46. The van der Waals surface area contributed by atoms with E-state index >= 15 is 0 Å². The number of anilines is 1. The maximum Gasteiger partial charge on any atom is 0.243 e. The molecule has 0 bridgehead atoms. The van der Waals surface area contributed by atoms with Crippen LogP contribution in [0.4, 0.5) is 18.9 Å². The lowest BCUT2D eigenvalue weighted by Crippen LogP contribution is -2.42. The number of rotatable bonds is 6. The van der Waals surface area contributed by atoms with Gasteiger partial charge in [0.15, 0.2) is 23.4 Å². The standard InChI is InChI=1S/C20H23F3N4O.HI/c1-12-4-6-14(7-5-12)13(2)10-25-20(24-3)26-11-17(28)27-16-9-8-15(21)18(22)19(16)23;/h4-9,13H,10-11H2,1-3H3,(H,27,28)(H2,24,25,26);1H. The number of hydrogen-bond donors (Lipinski definition) is 3. The first kappa shape index (κ1) is 24.7. The number of nitrogens with zero attached hydrogens (tertiary/aromatic N) is 1. The van der Waals surface area contributed by atoms with Gasteiger partial charge in [-0.25, -0.2) is 13.2 Å². The summed E-state index contributed by atoms with van der Waals surface area (Å²) in [5, 5.41) is 8.08. The van der Waals surface area contributed by atoms with Crippen molar-refractivity contribution in [3.8, 4) is 0 Å². The van der Waals surface area contributed by atoms with Crippen LogP contribution in [0.1, 0.15) is 24.0 Å². The van der Waals surface area contributed by atoms with Crippen molar-refractivity contribution in [1.82, 2.24) is 10.6 Å². The Kier molecular flexibility index (Phi) is 9.93. The van der Waals surface area contributed by atoms with E-state index in [4.69, 9.17) is 0 Å². The zero-order chi connectivity index (χ0) is 20.7. The molecule has 2 aromatic rings. The van der Waals surface area contributed by atoms with Gasteiger partial charge in [0.05, 0.1) is 12.2 Å². The second-order valence-corrected chi connectivity index (χ2v) is 6.39. The third-order valence-corrected chi connectivity index (χ3v) is 4.17. The molecule has 0 aliphatic rings. The van der Waals surface area contributed by atoms with Gasteiger partial charge in [-0.3, -0.25) is 9.79 Å². The number of guanidine groups is 1. The third-order valence-electron chi connectivity index (χ3n) is 4.17. The van der Waals surface area contributed by atoms with Gasteiger partial charge in [-0.1, -0.05) is 36.8 Å². The molecule has 1 unspecified atom stereocenters. The lowest BCUT2D eigenvalue weighted by atomic mass is 10.0. The van der Waals surface area contributed by atoms with E-state index in [1.807, 2.05) is 19.1 Å². The highest BCUT2D eigenvalue weighted by Crippen LogP contribution is 2.19. The van der Waals surface area contributed by atoms with E-state index in [9.17, 15) is 18.0 Å². The Morgan fingerprint density at radius 2 is 1.69 bits per heavy atom. The highest BCUT2D eigenvalue weighted by molar-refractivity contribution is 14.0. The van der Waals surface area contributed by atoms with Crippen LogP contribution in [-0.2, 0) is 4.79 Å². The number of hydrogen-bond acceptors (Lipinski definition) is 2. The number of aliphatic imine (C=N–C) groups is 1. The molecule has 0 radical (unpaired) electrons. The molecule has 0 aliphatic carbocycles. The summed E-state index contributed by atoms with van der Waals surface area (Å²) in [4.78, 5) is 16.0. The van der Waals surface area contributed by atoms with Gasteiger partial charge < -0.3 is 16.0 Å². The van der Waals surface area contributed by atoms with Crippen LogP contribution in [-0.4, -0.2) is 32.0 Å². The quantitative estimate of drug-likeness (QED) is 0.234. The Morgan fingerprint density at radius 1 is 1.03 bits per heavy atom. The molecular formula is C20H24F3IN4O. The number of nitrogens with one attached hydrogen (secondary N) is 3. The van der Waals surface area contributed by atoms with E-state index in [0.29, 0.717) is 12.5 Å². The van der Waals surface area contributed by atoms with E-state index in [1.165, 1.54) is 11.1 Å². The maximum absolute atomic E-state index is 13.6. The summed E-state index contributed by atoms with van der Waals surface area (Å²) in [5.74, 6) is -4.42. The van der Waals surface area contributed by atoms with Crippen LogP contribution in [0.3, 0.4) is 0 Å². The minimum Gasteiger partial charge on any atom is -0.356 e. The molecule has 0 aromatic heterocycles. The molecular weight excluding hydrogens is 496 g/mol. The molecule has 0 saturated carbocycles. The fourth-order valence-corrected chi connectivity index (χ4v) is 2.46. The summed E-state index contributed by atoms with van der Waals surface area (Å²) in [7, 11) is 1.55. The minimum atomic E-state index is -1.63. The summed E-state index contributed by atoms with van der Waals surface area (Å²) < 4.78 is 39.7. The summed E-state index contributed by atoms with van der Waals surface area (Å²) >= 11 is 0. The van der Waals surface area contributed by atoms with Crippen molar-refractivity contribution < 1.29 is 18.0 Å². The van der Waals surface area contributed by atoms with Gasteiger partial charge in [0.25, 0.3) is 0 Å². The Labute approximate surface area is 185 Å². The van der Waals surface area contributed by atoms with E-state index in [-0.39, 0.29) is 36.4 Å². The average molecular weight is 520 g/mol. The number of carbonyl (C=O) groups excluding carboxylic acids is 1. The number of aryl methyl sites for hydroxylation is 1. The predicted octanol–water partition coefficient (Wildman–Crippen LogP) is 3.94. The Bertz CT molecular complexity index is 860. The SMILES string of the molecule is CN=C(NCC(=O)Nc1ccc(F)c(F)c1F)NCC(C)c1ccc(C)cc1.I. The molecule has 1 atom stereocenters. The third kappa shape index (κ3) is 7.22. The monoisotopic (exact) mass is 520 g/mol. The van der Waals surface area contributed by atoms with Crippen LogP contribution in [0.15, 0.2) is 41.4 Å². The second kappa shape index (κ2) is 11.6. The van der Waals surface area contributed by atoms with Crippen molar-refractivity contribution in [3.63, 3.8) is 0 Å². The van der Waals surface area contributed by atoms with Gasteiger partial charge in [-0.15, -0.1) is 24.0 Å². The summed E-state index contributed by atoms with van der Waals surface area (Å²) in [6.45, 7) is 4.44. The largest absolute Gasteiger partial charge is 0.356 e. The maximum atomic E-state index is 13.6. The van der Waals surface area contributed by atoms with Crippen molar-refractivity contribution in [1.29, 1.82) is 0 Å². The van der Waals surface area contributed by atoms with Gasteiger partial charge in [0, 0.05) is 13.6 Å². The number of carbonyl (C=O) groups is 1. The second-order valence-electron chi connectivity index (χ2n) is 6.39. The van der Waals surface area contributed by atoms with Gasteiger partial charge in [0.2, 0.25) is 5.91 Å². The molecule has 1 amide bonds. The van der Waals surface area contributed by atoms with Crippen LogP contribution in [0, 0.1) is 24.4 Å². The number of amides is 1. The van der Waals surface area contributed by atoms with Crippen LogP contribution >= 0.6 is 24.0 Å². The summed E-state index contributed by atoms with van der Waals surface area (Å²) in [5.41, 5.74) is 1.92. The summed E-state index contributed by atoms with van der Waals surface area (Å²) in [6, 6.07) is 9.90. The highest BCUT2D eigenvalue weighted by atomic mass is 127. The summed E-state index contributed by atoms with van der Waals surface area (Å²) in [6.07, 6.45) is 0. The zero-order valence-electron chi connectivity index (χ0n) is 16.4. The lowest BCUT2D eigenvalue weighted by Gasteiger charge is -2.16. The lowest BCUT2D eigenvalue weighted by molar-refractivity contribution is -0.115. The van der Waals surface area contributed by atoms with Crippen molar-refractivity contribution in [2.45, 2.75) is 19.8 Å². The Balaban J connectivity index is 0.00000420. The molecule has 9 heteroatoms. The topological polar surface area (TPSA) is 65.5 Å². The number of benzene rings is 2. The molecule has 2 aromatic carbocycles. The van der Waals surface area contributed by atoms with Gasteiger partial charge >= 0.3 is 0 Å². The van der Waals surface area contributed by atoms with Crippen molar-refractivity contribution in [2.75, 3.05) is 25.5 Å². The van der Waals surface area contributed by atoms with Crippen molar-refractivity contribution >= 4 is 41.5 Å². The van der Waals surface area contributed by atoms with Crippen molar-refractivity contribution in [3.05, 3.63) is 65.0 Å². The van der Waals surface area contributed by atoms with E-state index < -0.39 is 29.0 Å². The van der Waals surface area contributed by atoms with E-state index in [1.54, 1.807) is 7.05 Å². The average Bonchev–Trinajstić information content (AvgIpc) is 2.69. The predicted molar refractivity (Wildman–Crippen MR) is 119 cm³/mol. The van der Waals surface area contributed by atoms with Crippen LogP contribution in [0.2, 0.25) is 0 Å². The van der Waals surface area contributed by atoms with Gasteiger partial charge in [-0.05, 0) is 30.5 Å². The Hall–Kier alpha value is -2.30. The van der Waals surface area contributed by atoms with Gasteiger partial charge in [0.1, 0.15) is 0 Å². The van der Waals surface area contributed by atoms with Gasteiger partial charge in [-0.2, -0.15) is 0 Å². The Morgan fingerprint density at radius 3 is 2.31 bits per heavy atom. The molecule has 0 fully saturated rings. The molecule has 0 spiro atoms. The molecule has 2 rings (SSSR count). The first-order valence-corrected chi connectivity index (χ1v) is 8.76. The van der Waals surface area contributed by atoms with Crippen LogP contribution in [0.5, 0.6) is 0 Å². The normalized spacial score (nSPS) is 12.0. The molecule has 0 heterocycles. The first-order chi connectivity index (χ1) is 13.3. The van der Waals surface area contributed by atoms with Crippen LogP contribution in [0.25, 0.3) is 0 Å². The smallest absolute Gasteiger partial charge is 0.243 e. The highest BCUT2D eigenvalue weighted by Gasteiger charge is 2.15. The fraction of sp³-hybridized carbons (Fsp3) is 0.300. The van der Waals surface area contributed by atoms with E-state index in [2.05, 4.69) is 40.0 Å². The zero-order valence-corrected chi connectivity index (χ0v) is 18.7. The molecule has 0 aliphatic heterocycles. The molecule has 158 valence electrons. The molecule has 5 nitrogen and oxygen atoms in total. The van der Waals surface area contributed by atoms with Crippen molar-refractivity contribution in [2.24, 2.45) is 4.99 Å².